The largest absolute Gasteiger partial charge is 0.392 e. The molecule has 5 heteroatoms. The monoisotopic (exact) mass is 263 g/mol. The van der Waals surface area contributed by atoms with Crippen molar-refractivity contribution in [3.05, 3.63) is 0 Å². The van der Waals surface area contributed by atoms with Crippen LogP contribution in [0.15, 0.2) is 0 Å². The molecule has 0 amide bonds. The van der Waals surface area contributed by atoms with Crippen molar-refractivity contribution in [2.45, 2.75) is 46.1 Å². The third-order valence-electron chi connectivity index (χ3n) is 4.34. The van der Waals surface area contributed by atoms with Crippen LogP contribution in [0.1, 0.15) is 40.0 Å². The Balaban J connectivity index is 2.79. The van der Waals surface area contributed by atoms with Crippen molar-refractivity contribution < 1.29 is 13.5 Å². The van der Waals surface area contributed by atoms with Gasteiger partial charge in [0.25, 0.3) is 0 Å². The first kappa shape index (κ1) is 14.9. The predicted octanol–water partition coefficient (Wildman–Crippen LogP) is 0.937. The van der Waals surface area contributed by atoms with Crippen molar-refractivity contribution >= 4 is 9.84 Å². The summed E-state index contributed by atoms with van der Waals surface area (Å²) in [4.78, 5) is 0. The maximum Gasteiger partial charge on any atom is 0.150 e. The summed E-state index contributed by atoms with van der Waals surface area (Å²) in [5, 5.41) is 10.4. The molecule has 0 aromatic rings. The van der Waals surface area contributed by atoms with Gasteiger partial charge in [-0.2, -0.15) is 0 Å². The summed E-state index contributed by atoms with van der Waals surface area (Å²) in [6.07, 6.45) is 1.69. The van der Waals surface area contributed by atoms with Gasteiger partial charge in [-0.3, -0.25) is 0 Å². The van der Waals surface area contributed by atoms with Gasteiger partial charge in [-0.1, -0.05) is 20.8 Å². The Labute approximate surface area is 105 Å². The second-order valence-electron chi connectivity index (χ2n) is 5.94. The maximum absolute atomic E-state index is 11.6. The Hall–Kier alpha value is -0.130. The first-order valence-corrected chi connectivity index (χ1v) is 8.10. The average molecular weight is 263 g/mol. The normalized spacial score (nSPS) is 32.9. The number of aliphatic hydroxyl groups excluding tert-OH is 1. The highest BCUT2D eigenvalue weighted by Gasteiger charge is 2.50. The van der Waals surface area contributed by atoms with E-state index in [1.165, 1.54) is 0 Å². The molecule has 2 atom stereocenters. The van der Waals surface area contributed by atoms with Crippen LogP contribution >= 0.6 is 0 Å². The Morgan fingerprint density at radius 2 is 1.94 bits per heavy atom. The number of rotatable bonds is 5. The lowest BCUT2D eigenvalue weighted by atomic mass is 9.76. The molecule has 3 N–H and O–H groups in total. The van der Waals surface area contributed by atoms with Crippen molar-refractivity contribution in [2.75, 3.05) is 18.1 Å². The summed E-state index contributed by atoms with van der Waals surface area (Å²) in [7, 11) is -2.98. The lowest BCUT2D eigenvalue weighted by Crippen LogP contribution is -2.43. The molecule has 1 fully saturated rings. The van der Waals surface area contributed by atoms with Gasteiger partial charge in [-0.25, -0.2) is 8.42 Å². The highest BCUT2D eigenvalue weighted by atomic mass is 32.2. The van der Waals surface area contributed by atoms with E-state index in [1.54, 1.807) is 6.92 Å². The summed E-state index contributed by atoms with van der Waals surface area (Å²) in [5.74, 6) is 0.293. The molecule has 0 radical (unpaired) electrons. The molecule has 17 heavy (non-hydrogen) atoms. The zero-order valence-corrected chi connectivity index (χ0v) is 11.9. The van der Waals surface area contributed by atoms with Crippen LogP contribution in [-0.4, -0.2) is 37.7 Å². The summed E-state index contributed by atoms with van der Waals surface area (Å²) in [6, 6.07) is 0. The molecule has 4 nitrogen and oxygen atoms in total. The standard InChI is InChI=1S/C12H25NO3S/c1-4-17(15,16)8-7-12(9-13)6-5-11(2,3)10(12)14/h10,14H,4-9,13H2,1-3H3. The molecule has 0 bridgehead atoms. The third-order valence-corrected chi connectivity index (χ3v) is 6.05. The Morgan fingerprint density at radius 1 is 1.35 bits per heavy atom. The van der Waals surface area contributed by atoms with Crippen LogP contribution in [0.3, 0.4) is 0 Å². The summed E-state index contributed by atoms with van der Waals surface area (Å²) >= 11 is 0. The van der Waals surface area contributed by atoms with E-state index in [1.807, 2.05) is 13.8 Å². The first-order chi connectivity index (χ1) is 7.69. The van der Waals surface area contributed by atoms with Gasteiger partial charge >= 0.3 is 0 Å². The molecule has 0 heterocycles. The Bertz CT molecular complexity index is 364. The molecule has 102 valence electrons. The SMILES string of the molecule is CCS(=O)(=O)CCC1(CN)CCC(C)(C)C1O. The van der Waals surface area contributed by atoms with E-state index in [2.05, 4.69) is 0 Å². The summed E-state index contributed by atoms with van der Waals surface area (Å²) < 4.78 is 23.1. The molecular weight excluding hydrogens is 238 g/mol. The fourth-order valence-electron chi connectivity index (χ4n) is 2.75. The molecule has 0 aromatic carbocycles. The second kappa shape index (κ2) is 4.86. The van der Waals surface area contributed by atoms with E-state index in [4.69, 9.17) is 5.73 Å². The average Bonchev–Trinajstić information content (AvgIpc) is 2.51. The van der Waals surface area contributed by atoms with Crippen LogP contribution in [0.2, 0.25) is 0 Å². The van der Waals surface area contributed by atoms with Gasteiger partial charge in [0.2, 0.25) is 0 Å². The van der Waals surface area contributed by atoms with Crippen LogP contribution in [0.5, 0.6) is 0 Å². The predicted molar refractivity (Wildman–Crippen MR) is 69.5 cm³/mol. The first-order valence-electron chi connectivity index (χ1n) is 6.28. The molecular formula is C12H25NO3S. The maximum atomic E-state index is 11.6. The zero-order chi connectivity index (χ0) is 13.3. The van der Waals surface area contributed by atoms with Crippen molar-refractivity contribution in [3.63, 3.8) is 0 Å². The Morgan fingerprint density at radius 3 is 2.29 bits per heavy atom. The molecule has 0 saturated heterocycles. The molecule has 1 aliphatic carbocycles. The van der Waals surface area contributed by atoms with Crippen LogP contribution in [0, 0.1) is 10.8 Å². The molecule has 2 unspecified atom stereocenters. The zero-order valence-electron chi connectivity index (χ0n) is 11.1. The van der Waals surface area contributed by atoms with E-state index < -0.39 is 21.4 Å². The van der Waals surface area contributed by atoms with Gasteiger partial charge in [0.05, 0.1) is 11.9 Å². The minimum absolute atomic E-state index is 0.133. The summed E-state index contributed by atoms with van der Waals surface area (Å²) in [5.41, 5.74) is 5.23. The third kappa shape index (κ3) is 3.01. The van der Waals surface area contributed by atoms with Gasteiger partial charge in [0.15, 0.2) is 0 Å². The van der Waals surface area contributed by atoms with Crippen molar-refractivity contribution in [1.29, 1.82) is 0 Å². The number of nitrogens with two attached hydrogens (primary N) is 1. The quantitative estimate of drug-likeness (QED) is 0.773. The van der Waals surface area contributed by atoms with E-state index in [9.17, 15) is 13.5 Å². The van der Waals surface area contributed by atoms with Gasteiger partial charge in [0.1, 0.15) is 9.84 Å². The number of aliphatic hydroxyl groups is 1. The van der Waals surface area contributed by atoms with Crippen LogP contribution in [0.25, 0.3) is 0 Å². The molecule has 0 aliphatic heterocycles. The van der Waals surface area contributed by atoms with Gasteiger partial charge in [0, 0.05) is 17.7 Å². The summed E-state index contributed by atoms with van der Waals surface area (Å²) in [6.45, 7) is 6.04. The number of hydrogen-bond donors (Lipinski definition) is 2. The van der Waals surface area contributed by atoms with E-state index >= 15 is 0 Å². The Kier molecular flexibility index (Phi) is 4.27. The molecule has 1 saturated carbocycles. The number of hydrogen-bond acceptors (Lipinski definition) is 4. The molecule has 0 spiro atoms. The molecule has 0 aromatic heterocycles. The lowest BCUT2D eigenvalue weighted by molar-refractivity contribution is -0.00625. The molecule has 1 rings (SSSR count). The van der Waals surface area contributed by atoms with Crippen LogP contribution < -0.4 is 5.73 Å². The van der Waals surface area contributed by atoms with Crippen molar-refractivity contribution in [1.82, 2.24) is 0 Å². The number of sulfone groups is 1. The van der Waals surface area contributed by atoms with E-state index in [-0.39, 0.29) is 16.9 Å². The van der Waals surface area contributed by atoms with E-state index in [0.29, 0.717) is 13.0 Å². The minimum atomic E-state index is -2.98. The molecule has 1 aliphatic rings. The lowest BCUT2D eigenvalue weighted by Gasteiger charge is -2.35. The van der Waals surface area contributed by atoms with Crippen LogP contribution in [0.4, 0.5) is 0 Å². The smallest absolute Gasteiger partial charge is 0.150 e. The topological polar surface area (TPSA) is 80.4 Å². The van der Waals surface area contributed by atoms with Crippen molar-refractivity contribution in [3.8, 4) is 0 Å². The van der Waals surface area contributed by atoms with Crippen molar-refractivity contribution in [2.24, 2.45) is 16.6 Å². The van der Waals surface area contributed by atoms with E-state index in [0.717, 1.165) is 12.8 Å². The van der Waals surface area contributed by atoms with Gasteiger partial charge in [-0.15, -0.1) is 0 Å². The fraction of sp³-hybridized carbons (Fsp3) is 1.00. The fourth-order valence-corrected chi connectivity index (χ4v) is 3.76. The van der Waals surface area contributed by atoms with Gasteiger partial charge in [-0.05, 0) is 24.7 Å². The van der Waals surface area contributed by atoms with Crippen LogP contribution in [-0.2, 0) is 9.84 Å². The van der Waals surface area contributed by atoms with Gasteiger partial charge < -0.3 is 10.8 Å². The minimum Gasteiger partial charge on any atom is -0.392 e. The highest BCUT2D eigenvalue weighted by molar-refractivity contribution is 7.91. The second-order valence-corrected chi connectivity index (χ2v) is 8.42. The highest BCUT2D eigenvalue weighted by Crippen LogP contribution is 2.50.